The van der Waals surface area contributed by atoms with Crippen molar-refractivity contribution in [3.63, 3.8) is 0 Å². The molecule has 2 N–H and O–H groups in total. The van der Waals surface area contributed by atoms with Gasteiger partial charge in [-0.05, 0) is 40.5 Å². The first-order chi connectivity index (χ1) is 10.8. The van der Waals surface area contributed by atoms with Gasteiger partial charge < -0.3 is 20.2 Å². The predicted octanol–water partition coefficient (Wildman–Crippen LogP) is 1.67. The monoisotopic (exact) mass is 452 g/mol. The normalized spacial score (nSPS) is 27.5. The smallest absolute Gasteiger partial charge is 0.242 e. The Hall–Kier alpha value is -0.570. The summed E-state index contributed by atoms with van der Waals surface area (Å²) in [6.07, 6.45) is 2.82. The Labute approximate surface area is 163 Å². The van der Waals surface area contributed by atoms with Crippen molar-refractivity contribution in [3.8, 4) is 0 Å². The van der Waals surface area contributed by atoms with Crippen LogP contribution < -0.4 is 5.32 Å². The van der Waals surface area contributed by atoms with Crippen molar-refractivity contribution >= 4 is 35.8 Å². The van der Waals surface area contributed by atoms with E-state index in [-0.39, 0.29) is 53.5 Å². The molecule has 1 heterocycles. The highest BCUT2D eigenvalue weighted by molar-refractivity contribution is 14.0. The highest BCUT2D eigenvalue weighted by atomic mass is 127. The molecular formula is C17H33IN4O2. The van der Waals surface area contributed by atoms with E-state index < -0.39 is 0 Å². The van der Waals surface area contributed by atoms with Gasteiger partial charge in [-0.2, -0.15) is 0 Å². The van der Waals surface area contributed by atoms with E-state index in [4.69, 9.17) is 0 Å². The first kappa shape index (κ1) is 21.5. The summed E-state index contributed by atoms with van der Waals surface area (Å²) in [7, 11) is 1.75. The molecule has 1 amide bonds. The number of carbonyl (C=O) groups excluding carboxylic acids is 1. The van der Waals surface area contributed by atoms with Crippen LogP contribution in [0.3, 0.4) is 0 Å². The molecule has 7 heteroatoms. The largest absolute Gasteiger partial charge is 0.393 e. The standard InChI is InChI=1S/C17H32N4O2.HI/c1-12(2)21-15(23)10-20(11-17(21,3)4)16(18-5)19-9-13-7-6-8-14(13)22;/h12-14,22H,6-11H2,1-5H3,(H,18,19);1H. The van der Waals surface area contributed by atoms with Gasteiger partial charge in [-0.25, -0.2) is 0 Å². The first-order valence-electron chi connectivity index (χ1n) is 8.72. The van der Waals surface area contributed by atoms with Crippen LogP contribution in [0.1, 0.15) is 47.0 Å². The number of guanidine groups is 1. The second-order valence-corrected chi connectivity index (χ2v) is 7.71. The Balaban J connectivity index is 0.00000288. The molecule has 0 aromatic rings. The quantitative estimate of drug-likeness (QED) is 0.389. The van der Waals surface area contributed by atoms with E-state index in [2.05, 4.69) is 38.0 Å². The zero-order valence-corrected chi connectivity index (χ0v) is 17.9. The SMILES string of the molecule is CN=C(NCC1CCCC1O)N1CC(=O)N(C(C)C)C(C)(C)C1.I. The third-order valence-corrected chi connectivity index (χ3v) is 4.99. The minimum atomic E-state index is -0.228. The molecule has 0 radical (unpaired) electrons. The minimum Gasteiger partial charge on any atom is -0.393 e. The van der Waals surface area contributed by atoms with Crippen LogP contribution in [0.25, 0.3) is 0 Å². The summed E-state index contributed by atoms with van der Waals surface area (Å²) < 4.78 is 0. The zero-order valence-electron chi connectivity index (χ0n) is 15.6. The van der Waals surface area contributed by atoms with E-state index in [1.165, 1.54) is 0 Å². The summed E-state index contributed by atoms with van der Waals surface area (Å²) in [6.45, 7) is 10.1. The maximum Gasteiger partial charge on any atom is 0.242 e. The molecule has 1 saturated carbocycles. The summed E-state index contributed by atoms with van der Waals surface area (Å²) in [5, 5.41) is 13.3. The summed E-state index contributed by atoms with van der Waals surface area (Å²) in [5.41, 5.74) is -0.228. The molecule has 6 nitrogen and oxygen atoms in total. The number of halogens is 1. The Morgan fingerprint density at radius 1 is 1.42 bits per heavy atom. The second kappa shape index (κ2) is 8.69. The molecule has 0 aromatic heterocycles. The Bertz CT molecular complexity index is 468. The van der Waals surface area contributed by atoms with Gasteiger partial charge in [-0.1, -0.05) is 6.42 Å². The third kappa shape index (κ3) is 4.74. The number of hydrogen-bond acceptors (Lipinski definition) is 3. The van der Waals surface area contributed by atoms with Crippen molar-refractivity contribution in [3.05, 3.63) is 0 Å². The van der Waals surface area contributed by atoms with Gasteiger partial charge in [0, 0.05) is 32.1 Å². The number of rotatable bonds is 3. The predicted molar refractivity (Wildman–Crippen MR) is 108 cm³/mol. The highest BCUT2D eigenvalue weighted by Crippen LogP contribution is 2.26. The fraction of sp³-hybridized carbons (Fsp3) is 0.882. The van der Waals surface area contributed by atoms with Crippen molar-refractivity contribution in [2.45, 2.75) is 64.6 Å². The van der Waals surface area contributed by atoms with E-state index in [0.717, 1.165) is 31.8 Å². The van der Waals surface area contributed by atoms with Gasteiger partial charge in [0.05, 0.1) is 18.2 Å². The van der Waals surface area contributed by atoms with Crippen LogP contribution in [-0.4, -0.2) is 71.1 Å². The van der Waals surface area contributed by atoms with Gasteiger partial charge in [0.15, 0.2) is 5.96 Å². The molecule has 2 atom stereocenters. The summed E-state index contributed by atoms with van der Waals surface area (Å²) in [5.74, 6) is 1.18. The minimum absolute atomic E-state index is 0. The van der Waals surface area contributed by atoms with Crippen molar-refractivity contribution in [2.24, 2.45) is 10.9 Å². The average Bonchev–Trinajstić information content (AvgIpc) is 2.82. The van der Waals surface area contributed by atoms with E-state index >= 15 is 0 Å². The third-order valence-electron chi connectivity index (χ3n) is 4.99. The summed E-state index contributed by atoms with van der Waals surface area (Å²) in [6, 6.07) is 0.197. The Morgan fingerprint density at radius 2 is 2.08 bits per heavy atom. The van der Waals surface area contributed by atoms with Gasteiger partial charge in [0.2, 0.25) is 5.91 Å². The lowest BCUT2D eigenvalue weighted by Crippen LogP contribution is -2.66. The van der Waals surface area contributed by atoms with Crippen LogP contribution in [0.4, 0.5) is 0 Å². The zero-order chi connectivity index (χ0) is 17.2. The highest BCUT2D eigenvalue weighted by Gasteiger charge is 2.40. The number of aliphatic imine (C=N–C) groups is 1. The van der Waals surface area contributed by atoms with Crippen molar-refractivity contribution in [1.29, 1.82) is 0 Å². The topological polar surface area (TPSA) is 68.2 Å². The molecule has 140 valence electrons. The van der Waals surface area contributed by atoms with Crippen LogP contribution in [0, 0.1) is 5.92 Å². The Kier molecular flexibility index (Phi) is 7.77. The van der Waals surface area contributed by atoms with Crippen molar-refractivity contribution < 1.29 is 9.90 Å². The molecule has 24 heavy (non-hydrogen) atoms. The summed E-state index contributed by atoms with van der Waals surface area (Å²) in [4.78, 5) is 20.9. The number of carbonyl (C=O) groups is 1. The van der Waals surface area contributed by atoms with Crippen LogP contribution >= 0.6 is 24.0 Å². The van der Waals surface area contributed by atoms with Crippen molar-refractivity contribution in [2.75, 3.05) is 26.7 Å². The molecule has 0 aromatic carbocycles. The van der Waals surface area contributed by atoms with E-state index in [0.29, 0.717) is 13.1 Å². The van der Waals surface area contributed by atoms with Crippen LogP contribution in [0.2, 0.25) is 0 Å². The lowest BCUT2D eigenvalue weighted by atomic mass is 9.96. The molecule has 1 aliphatic heterocycles. The molecule has 0 bridgehead atoms. The number of piperazine rings is 1. The van der Waals surface area contributed by atoms with E-state index in [1.54, 1.807) is 7.05 Å². The van der Waals surface area contributed by atoms with Crippen LogP contribution in [0.15, 0.2) is 4.99 Å². The molecular weight excluding hydrogens is 419 g/mol. The lowest BCUT2D eigenvalue weighted by molar-refractivity contribution is -0.145. The molecule has 2 aliphatic rings. The number of amides is 1. The molecule has 1 aliphatic carbocycles. The van der Waals surface area contributed by atoms with Gasteiger partial charge in [0.25, 0.3) is 0 Å². The maximum atomic E-state index is 12.6. The molecule has 2 fully saturated rings. The lowest BCUT2D eigenvalue weighted by Gasteiger charge is -2.49. The number of nitrogens with zero attached hydrogens (tertiary/aromatic N) is 3. The first-order valence-corrected chi connectivity index (χ1v) is 8.72. The summed E-state index contributed by atoms with van der Waals surface area (Å²) >= 11 is 0. The molecule has 2 unspecified atom stereocenters. The van der Waals surface area contributed by atoms with Gasteiger partial charge in [0.1, 0.15) is 0 Å². The van der Waals surface area contributed by atoms with Gasteiger partial charge in [-0.3, -0.25) is 9.79 Å². The average molecular weight is 452 g/mol. The molecule has 0 spiro atoms. The number of hydrogen-bond donors (Lipinski definition) is 2. The van der Waals surface area contributed by atoms with Crippen LogP contribution in [0.5, 0.6) is 0 Å². The van der Waals surface area contributed by atoms with E-state index in [9.17, 15) is 9.90 Å². The van der Waals surface area contributed by atoms with Gasteiger partial charge >= 0.3 is 0 Å². The fourth-order valence-electron chi connectivity index (χ4n) is 4.12. The second-order valence-electron chi connectivity index (χ2n) is 7.71. The molecule has 1 saturated heterocycles. The number of aliphatic hydroxyl groups is 1. The Morgan fingerprint density at radius 3 is 2.54 bits per heavy atom. The maximum absolute atomic E-state index is 12.6. The van der Waals surface area contributed by atoms with E-state index in [1.807, 2.05) is 9.80 Å². The fourth-order valence-corrected chi connectivity index (χ4v) is 4.12. The van der Waals surface area contributed by atoms with Gasteiger partial charge in [-0.15, -0.1) is 24.0 Å². The number of nitrogens with one attached hydrogen (secondary N) is 1. The van der Waals surface area contributed by atoms with Crippen molar-refractivity contribution in [1.82, 2.24) is 15.1 Å². The molecule has 2 rings (SSSR count). The van der Waals surface area contributed by atoms with Crippen LogP contribution in [-0.2, 0) is 4.79 Å². The number of aliphatic hydroxyl groups excluding tert-OH is 1.